The second kappa shape index (κ2) is 51.2. The minimum atomic E-state index is -0.826. The van der Waals surface area contributed by atoms with Crippen molar-refractivity contribution in [2.24, 2.45) is 11.8 Å². The Labute approximate surface area is 225 Å². The molecule has 0 aromatic carbocycles. The second-order valence-corrected chi connectivity index (χ2v) is 9.00. The molecule has 0 rings (SSSR count). The number of hydrogen-bond donors (Lipinski definition) is 2. The molecule has 0 amide bonds. The second-order valence-electron chi connectivity index (χ2n) is 5.27. The van der Waals surface area contributed by atoms with Crippen LogP contribution in [-0.4, -0.2) is 23.4 Å². The molecular formula is C16H40Cl6HfO2Zr. The SMILES string of the molecule is CCCCC(CC)CO.CCCCC(CC)CO.Cl.Cl.Cl.Cl.[Cl][Zr][Cl].[Hf]. The normalized spacial score (nSPS) is 10.0. The molecule has 0 fully saturated rings. The molecule has 0 aliphatic heterocycles. The standard InChI is InChI=1S/2C8H18O.6ClH.Hf.Zr/c2*1-3-5-6-8(4-2)7-9;;;;;;;;/h2*8-9H,3-7H2,1-2H3;6*1H;;/q;;;;;;;;;+2/p-2. The Morgan fingerprint density at radius 3 is 1.04 bits per heavy atom. The van der Waals surface area contributed by atoms with Gasteiger partial charge in [-0.3, -0.25) is 0 Å². The Kier molecular flexibility index (Phi) is 102. The molecule has 0 radical (unpaired) electrons. The summed E-state index contributed by atoms with van der Waals surface area (Å²) in [6.45, 7) is 9.38. The summed E-state index contributed by atoms with van der Waals surface area (Å²) in [6, 6.07) is 0. The predicted octanol–water partition coefficient (Wildman–Crippen LogP) is 7.45. The van der Waals surface area contributed by atoms with Crippen LogP contribution in [0, 0.1) is 11.8 Å². The fourth-order valence-electron chi connectivity index (χ4n) is 1.83. The van der Waals surface area contributed by atoms with Crippen molar-refractivity contribution in [3.05, 3.63) is 0 Å². The van der Waals surface area contributed by atoms with Crippen molar-refractivity contribution in [2.45, 2.75) is 79.1 Å². The zero-order valence-corrected chi connectivity index (χ0v) is 27.3. The molecule has 0 saturated carbocycles. The maximum atomic E-state index is 8.75. The predicted molar refractivity (Wildman–Crippen MR) is 121 cm³/mol. The number of halogens is 6. The first-order valence-corrected chi connectivity index (χ1v) is 14.6. The molecule has 2 atom stereocenters. The third-order valence-corrected chi connectivity index (χ3v) is 3.60. The van der Waals surface area contributed by atoms with Gasteiger partial charge in [0, 0.05) is 39.1 Å². The van der Waals surface area contributed by atoms with Crippen LogP contribution in [0.15, 0.2) is 0 Å². The van der Waals surface area contributed by atoms with Crippen molar-refractivity contribution >= 4 is 66.7 Å². The van der Waals surface area contributed by atoms with Gasteiger partial charge in [-0.25, -0.2) is 0 Å². The Morgan fingerprint density at radius 1 is 0.692 bits per heavy atom. The molecule has 0 aromatic rings. The van der Waals surface area contributed by atoms with Crippen LogP contribution in [0.2, 0.25) is 0 Å². The number of unbranched alkanes of at least 4 members (excludes halogenated alkanes) is 2. The van der Waals surface area contributed by atoms with Crippen molar-refractivity contribution in [1.29, 1.82) is 0 Å². The van der Waals surface area contributed by atoms with Crippen LogP contribution in [0.3, 0.4) is 0 Å². The molecule has 26 heavy (non-hydrogen) atoms. The Morgan fingerprint density at radius 2 is 0.923 bits per heavy atom. The van der Waals surface area contributed by atoms with E-state index in [0.717, 1.165) is 12.8 Å². The van der Waals surface area contributed by atoms with E-state index in [-0.39, 0.29) is 75.5 Å². The molecule has 0 aliphatic carbocycles. The van der Waals surface area contributed by atoms with Crippen LogP contribution in [0.5, 0.6) is 0 Å². The molecular weight excluding hydrogens is 707 g/mol. The van der Waals surface area contributed by atoms with Gasteiger partial charge in [-0.15, -0.1) is 49.6 Å². The molecule has 0 aromatic heterocycles. The van der Waals surface area contributed by atoms with E-state index in [9.17, 15) is 0 Å². The van der Waals surface area contributed by atoms with Gasteiger partial charge in [0.25, 0.3) is 0 Å². The zero-order valence-electron chi connectivity index (χ0n) is 16.5. The van der Waals surface area contributed by atoms with Crippen LogP contribution in [0.1, 0.15) is 79.1 Å². The molecule has 2 unspecified atom stereocenters. The van der Waals surface area contributed by atoms with Crippen LogP contribution < -0.4 is 0 Å². The van der Waals surface area contributed by atoms with Crippen molar-refractivity contribution in [3.8, 4) is 0 Å². The van der Waals surface area contributed by atoms with E-state index in [0.29, 0.717) is 25.0 Å². The van der Waals surface area contributed by atoms with Crippen molar-refractivity contribution in [2.75, 3.05) is 13.2 Å². The number of rotatable bonds is 10. The summed E-state index contributed by atoms with van der Waals surface area (Å²) in [6.07, 6.45) is 9.66. The summed E-state index contributed by atoms with van der Waals surface area (Å²) in [4.78, 5) is 0. The first kappa shape index (κ1) is 51.8. The number of aliphatic hydroxyl groups excluding tert-OH is 2. The molecule has 2 nitrogen and oxygen atoms in total. The van der Waals surface area contributed by atoms with E-state index in [1.165, 1.54) is 38.5 Å². The number of aliphatic hydroxyl groups is 2. The Hall–Kier alpha value is 3.41. The molecule has 10 heteroatoms. The van der Waals surface area contributed by atoms with Crippen molar-refractivity contribution < 1.29 is 56.9 Å². The average Bonchev–Trinajstić information content (AvgIpc) is 2.51. The maximum absolute atomic E-state index is 8.75. The number of hydrogen-bond acceptors (Lipinski definition) is 2. The van der Waals surface area contributed by atoms with Gasteiger partial charge in [0.1, 0.15) is 0 Å². The van der Waals surface area contributed by atoms with Gasteiger partial charge < -0.3 is 10.2 Å². The van der Waals surface area contributed by atoms with Gasteiger partial charge in [0.2, 0.25) is 0 Å². The Bertz CT molecular complexity index is 156. The van der Waals surface area contributed by atoms with Crippen LogP contribution in [-0.2, 0) is 46.7 Å². The third kappa shape index (κ3) is 50.7. The molecule has 166 valence electrons. The van der Waals surface area contributed by atoms with E-state index in [2.05, 4.69) is 27.7 Å². The average molecular weight is 747 g/mol. The maximum Gasteiger partial charge on any atom is 0 e. The molecule has 0 spiro atoms. The summed E-state index contributed by atoms with van der Waals surface area (Å²) < 4.78 is 0. The minimum Gasteiger partial charge on any atom is 0 e. The zero-order chi connectivity index (χ0) is 16.9. The monoisotopic (exact) mass is 744 g/mol. The summed E-state index contributed by atoms with van der Waals surface area (Å²) in [5.41, 5.74) is 0. The smallest absolute Gasteiger partial charge is 0 e. The van der Waals surface area contributed by atoms with E-state index in [4.69, 9.17) is 27.2 Å². The molecule has 0 bridgehead atoms. The van der Waals surface area contributed by atoms with Crippen LogP contribution in [0.25, 0.3) is 0 Å². The van der Waals surface area contributed by atoms with Gasteiger partial charge in [0.05, 0.1) is 0 Å². The summed E-state index contributed by atoms with van der Waals surface area (Å²) >= 11 is -0.826. The van der Waals surface area contributed by atoms with Gasteiger partial charge in [-0.2, -0.15) is 0 Å². The first-order chi connectivity index (χ1) is 10.1. The molecule has 0 saturated heterocycles. The Balaban J connectivity index is -0.0000000308. The van der Waals surface area contributed by atoms with Crippen LogP contribution in [0.4, 0.5) is 0 Å². The van der Waals surface area contributed by atoms with Gasteiger partial charge >= 0.3 is 37.9 Å². The molecule has 0 aliphatic rings. The fraction of sp³-hybridized carbons (Fsp3) is 1.00. The largest absolute Gasteiger partial charge is 0 e. The van der Waals surface area contributed by atoms with E-state index >= 15 is 0 Å². The van der Waals surface area contributed by atoms with E-state index in [1.807, 2.05) is 0 Å². The van der Waals surface area contributed by atoms with Gasteiger partial charge in [0.15, 0.2) is 0 Å². The van der Waals surface area contributed by atoms with Gasteiger partial charge in [-0.1, -0.05) is 66.2 Å². The van der Waals surface area contributed by atoms with Crippen molar-refractivity contribution in [1.82, 2.24) is 0 Å². The topological polar surface area (TPSA) is 40.5 Å². The van der Waals surface area contributed by atoms with Gasteiger partial charge in [-0.05, 0) is 24.7 Å². The third-order valence-electron chi connectivity index (χ3n) is 3.60. The molecule has 0 heterocycles. The van der Waals surface area contributed by atoms with Crippen molar-refractivity contribution in [3.63, 3.8) is 0 Å². The van der Waals surface area contributed by atoms with E-state index in [1.54, 1.807) is 0 Å². The van der Waals surface area contributed by atoms with E-state index < -0.39 is 20.8 Å². The summed E-state index contributed by atoms with van der Waals surface area (Å²) in [5.74, 6) is 1.12. The fourth-order valence-corrected chi connectivity index (χ4v) is 1.83. The van der Waals surface area contributed by atoms with Crippen LogP contribution >= 0.6 is 66.7 Å². The molecule has 2 N–H and O–H groups in total. The minimum absolute atomic E-state index is 0. The quantitative estimate of drug-likeness (QED) is 0.228. The first-order valence-electron chi connectivity index (χ1n) is 8.29. The summed E-state index contributed by atoms with van der Waals surface area (Å²) in [5, 5.41) is 17.5. The summed E-state index contributed by atoms with van der Waals surface area (Å²) in [7, 11) is 9.87.